The summed E-state index contributed by atoms with van der Waals surface area (Å²) in [5.41, 5.74) is 0.762. The van der Waals surface area contributed by atoms with Crippen molar-refractivity contribution in [1.82, 2.24) is 19.7 Å². The molecule has 0 bridgehead atoms. The highest BCUT2D eigenvalue weighted by molar-refractivity contribution is 6.30. The molecule has 0 aliphatic heterocycles. The molecule has 0 fully saturated rings. The minimum absolute atomic E-state index is 0.0266. The number of nitro benzene ring substituents is 1. The Morgan fingerprint density at radius 2 is 2.18 bits per heavy atom. The van der Waals surface area contributed by atoms with Gasteiger partial charge in [-0.3, -0.25) is 10.1 Å². The van der Waals surface area contributed by atoms with Crippen LogP contribution in [-0.4, -0.2) is 37.2 Å². The molecular weight excluding hydrogens is 388 g/mol. The predicted octanol–water partition coefficient (Wildman–Crippen LogP) is 3.45. The van der Waals surface area contributed by atoms with E-state index in [0.717, 1.165) is 5.56 Å². The van der Waals surface area contributed by atoms with Crippen LogP contribution in [0.4, 0.5) is 17.2 Å². The molecule has 0 unspecified atom stereocenters. The average Bonchev–Trinajstić information content (AvgIpc) is 3.09. The number of aromatic nitrogens is 4. The van der Waals surface area contributed by atoms with Crippen molar-refractivity contribution in [2.75, 3.05) is 11.9 Å². The van der Waals surface area contributed by atoms with Crippen molar-refractivity contribution in [2.45, 2.75) is 13.8 Å². The maximum atomic E-state index is 12.3. The number of hydrogen-bond acceptors (Lipinski definition) is 8. The quantitative estimate of drug-likeness (QED) is 0.377. The second-order valence-electron chi connectivity index (χ2n) is 5.66. The zero-order valence-electron chi connectivity index (χ0n) is 14.9. The van der Waals surface area contributed by atoms with Crippen molar-refractivity contribution < 1.29 is 14.5 Å². The summed E-state index contributed by atoms with van der Waals surface area (Å²) in [6.45, 7) is 3.67. The number of nitro groups is 1. The Labute approximate surface area is 164 Å². The van der Waals surface area contributed by atoms with E-state index in [0.29, 0.717) is 0 Å². The first-order valence-electron chi connectivity index (χ1n) is 8.15. The largest absolute Gasteiger partial charge is 0.462 e. The zero-order chi connectivity index (χ0) is 20.3. The van der Waals surface area contributed by atoms with Gasteiger partial charge in [-0.05, 0) is 31.5 Å². The number of hydrogen-bond donors (Lipinski definition) is 1. The number of anilines is 2. The molecule has 1 N–H and O–H groups in total. The van der Waals surface area contributed by atoms with Gasteiger partial charge < -0.3 is 10.1 Å². The van der Waals surface area contributed by atoms with E-state index in [2.05, 4.69) is 20.4 Å². The Morgan fingerprint density at radius 3 is 2.82 bits per heavy atom. The third-order valence-electron chi connectivity index (χ3n) is 3.60. The van der Waals surface area contributed by atoms with Crippen molar-refractivity contribution in [1.29, 1.82) is 0 Å². The minimum Gasteiger partial charge on any atom is -0.462 e. The number of esters is 1. The molecule has 0 atom stereocenters. The lowest BCUT2D eigenvalue weighted by molar-refractivity contribution is -0.383. The number of halogens is 1. The standard InChI is InChI=1S/C17H15ClN6O4/c1-3-28-16(25)12-8-19-17(23-9-10(2)7-20-23)22-15(12)21-13-5-4-11(18)6-14(13)24(26)27/h4-9H,3H2,1-2H3,(H,19,21,22). The Balaban J connectivity index is 2.08. The number of nitrogens with zero attached hydrogens (tertiary/aromatic N) is 5. The Kier molecular flexibility index (Phi) is 5.50. The van der Waals surface area contributed by atoms with Crippen LogP contribution >= 0.6 is 11.6 Å². The molecule has 10 nitrogen and oxygen atoms in total. The molecule has 0 saturated heterocycles. The van der Waals surface area contributed by atoms with Crippen molar-refractivity contribution in [3.63, 3.8) is 0 Å². The summed E-state index contributed by atoms with van der Waals surface area (Å²) in [4.78, 5) is 31.5. The van der Waals surface area contributed by atoms with E-state index in [1.807, 2.05) is 6.92 Å². The van der Waals surface area contributed by atoms with Gasteiger partial charge >= 0.3 is 5.97 Å². The molecule has 2 aromatic heterocycles. The molecule has 0 aliphatic carbocycles. The number of rotatable bonds is 6. The van der Waals surface area contributed by atoms with Crippen molar-refractivity contribution >= 4 is 34.8 Å². The van der Waals surface area contributed by atoms with Crippen LogP contribution in [0.5, 0.6) is 0 Å². The molecule has 0 saturated carbocycles. The Morgan fingerprint density at radius 1 is 1.39 bits per heavy atom. The second kappa shape index (κ2) is 8.01. The summed E-state index contributed by atoms with van der Waals surface area (Å²) in [6.07, 6.45) is 4.61. The summed E-state index contributed by atoms with van der Waals surface area (Å²) in [6, 6.07) is 4.11. The van der Waals surface area contributed by atoms with Gasteiger partial charge in [-0.15, -0.1) is 0 Å². The summed E-state index contributed by atoms with van der Waals surface area (Å²) in [7, 11) is 0. The molecular formula is C17H15ClN6O4. The molecule has 3 aromatic rings. The van der Waals surface area contributed by atoms with Crippen LogP contribution in [0, 0.1) is 17.0 Å². The minimum atomic E-state index is -0.662. The lowest BCUT2D eigenvalue weighted by Gasteiger charge is -2.12. The molecule has 0 aliphatic rings. The molecule has 11 heteroatoms. The molecule has 1 aromatic carbocycles. The third kappa shape index (κ3) is 4.07. The zero-order valence-corrected chi connectivity index (χ0v) is 15.7. The maximum Gasteiger partial charge on any atom is 0.343 e. The monoisotopic (exact) mass is 402 g/mol. The molecule has 28 heavy (non-hydrogen) atoms. The summed E-state index contributed by atoms with van der Waals surface area (Å²) in [5, 5.41) is 18.5. The fraction of sp³-hybridized carbons (Fsp3) is 0.176. The molecule has 0 amide bonds. The number of benzene rings is 1. The first kappa shape index (κ1) is 19.2. The van der Waals surface area contributed by atoms with Gasteiger partial charge in [-0.2, -0.15) is 10.1 Å². The average molecular weight is 403 g/mol. The molecule has 2 heterocycles. The Hall–Kier alpha value is -3.53. The smallest absolute Gasteiger partial charge is 0.343 e. The van der Waals surface area contributed by atoms with Crippen molar-refractivity contribution in [3.8, 4) is 5.95 Å². The molecule has 0 spiro atoms. The third-order valence-corrected chi connectivity index (χ3v) is 3.83. The van der Waals surface area contributed by atoms with Gasteiger partial charge in [-0.1, -0.05) is 11.6 Å². The topological polar surface area (TPSA) is 125 Å². The predicted molar refractivity (Wildman–Crippen MR) is 101 cm³/mol. The van der Waals surface area contributed by atoms with E-state index in [4.69, 9.17) is 16.3 Å². The van der Waals surface area contributed by atoms with Crippen LogP contribution in [0.25, 0.3) is 5.95 Å². The van der Waals surface area contributed by atoms with Crippen LogP contribution in [0.1, 0.15) is 22.8 Å². The van der Waals surface area contributed by atoms with E-state index in [-0.39, 0.29) is 40.3 Å². The Bertz CT molecular complexity index is 1050. The van der Waals surface area contributed by atoms with Crippen molar-refractivity contribution in [3.05, 3.63) is 63.1 Å². The number of carbonyl (C=O) groups excluding carboxylic acids is 1. The van der Waals surface area contributed by atoms with Crippen molar-refractivity contribution in [2.24, 2.45) is 0 Å². The van der Waals surface area contributed by atoms with Gasteiger partial charge in [-0.25, -0.2) is 14.5 Å². The lowest BCUT2D eigenvalue weighted by Crippen LogP contribution is -2.13. The van der Waals surface area contributed by atoms with Gasteiger partial charge in [0.1, 0.15) is 11.3 Å². The van der Waals surface area contributed by atoms with E-state index < -0.39 is 10.9 Å². The van der Waals surface area contributed by atoms with Crippen LogP contribution in [0.15, 0.2) is 36.8 Å². The highest BCUT2D eigenvalue weighted by Crippen LogP contribution is 2.31. The SMILES string of the molecule is CCOC(=O)c1cnc(-n2cc(C)cn2)nc1Nc1ccc(Cl)cc1[N+](=O)[O-]. The second-order valence-corrected chi connectivity index (χ2v) is 6.10. The van der Waals surface area contributed by atoms with Crippen LogP contribution in [-0.2, 0) is 4.74 Å². The van der Waals surface area contributed by atoms with Crippen LogP contribution in [0.3, 0.4) is 0 Å². The number of ether oxygens (including phenoxy) is 1. The summed E-state index contributed by atoms with van der Waals surface area (Å²) >= 11 is 5.85. The number of carbonyl (C=O) groups is 1. The van der Waals surface area contributed by atoms with Gasteiger partial charge in [0.15, 0.2) is 5.82 Å². The first-order valence-corrected chi connectivity index (χ1v) is 8.53. The number of nitrogens with one attached hydrogen (secondary N) is 1. The lowest BCUT2D eigenvalue weighted by atomic mass is 10.2. The van der Waals surface area contributed by atoms with Gasteiger partial charge in [0.05, 0.1) is 17.7 Å². The van der Waals surface area contributed by atoms with Gasteiger partial charge in [0.2, 0.25) is 0 Å². The highest BCUT2D eigenvalue weighted by atomic mass is 35.5. The van der Waals surface area contributed by atoms with E-state index in [1.54, 1.807) is 19.3 Å². The van der Waals surface area contributed by atoms with E-state index in [1.165, 1.54) is 29.1 Å². The normalized spacial score (nSPS) is 10.5. The maximum absolute atomic E-state index is 12.3. The fourth-order valence-corrected chi connectivity index (χ4v) is 2.51. The highest BCUT2D eigenvalue weighted by Gasteiger charge is 2.21. The summed E-state index contributed by atoms with van der Waals surface area (Å²) in [5.74, 6) is -0.438. The van der Waals surface area contributed by atoms with E-state index in [9.17, 15) is 14.9 Å². The van der Waals surface area contributed by atoms with Gasteiger partial charge in [0, 0.05) is 23.5 Å². The molecule has 3 rings (SSSR count). The summed E-state index contributed by atoms with van der Waals surface area (Å²) < 4.78 is 6.44. The van der Waals surface area contributed by atoms with E-state index >= 15 is 0 Å². The van der Waals surface area contributed by atoms with Crippen LogP contribution in [0.2, 0.25) is 5.02 Å². The first-order chi connectivity index (χ1) is 13.4. The number of aryl methyl sites for hydroxylation is 1. The molecule has 0 radical (unpaired) electrons. The van der Waals surface area contributed by atoms with Gasteiger partial charge in [0.25, 0.3) is 11.6 Å². The van der Waals surface area contributed by atoms with Crippen LogP contribution < -0.4 is 5.32 Å². The fourth-order valence-electron chi connectivity index (χ4n) is 2.35. The molecule has 144 valence electrons.